The summed E-state index contributed by atoms with van der Waals surface area (Å²) in [6.45, 7) is 6.73. The van der Waals surface area contributed by atoms with Gasteiger partial charge < -0.3 is 20.4 Å². The van der Waals surface area contributed by atoms with Crippen LogP contribution in [0.1, 0.15) is 32.6 Å². The van der Waals surface area contributed by atoms with Crippen molar-refractivity contribution in [3.05, 3.63) is 30.3 Å². The van der Waals surface area contributed by atoms with E-state index in [1.165, 1.54) is 5.69 Å². The van der Waals surface area contributed by atoms with Crippen LogP contribution in [0.25, 0.3) is 0 Å². The Bertz CT molecular complexity index is 581. The van der Waals surface area contributed by atoms with Crippen LogP contribution >= 0.6 is 0 Å². The van der Waals surface area contributed by atoms with E-state index in [9.17, 15) is 4.79 Å². The van der Waals surface area contributed by atoms with E-state index >= 15 is 0 Å². The van der Waals surface area contributed by atoms with Crippen LogP contribution < -0.4 is 15.5 Å². The predicted octanol–water partition coefficient (Wildman–Crippen LogP) is 2.33. The highest BCUT2D eigenvalue weighted by molar-refractivity contribution is 5.80. The van der Waals surface area contributed by atoms with Crippen molar-refractivity contribution >= 4 is 17.6 Å². The number of carbonyl (C=O) groups is 1. The zero-order chi connectivity index (χ0) is 19.5. The number of guanidine groups is 1. The molecule has 0 unspecified atom stereocenters. The lowest BCUT2D eigenvalue weighted by Gasteiger charge is -2.34. The van der Waals surface area contributed by atoms with Gasteiger partial charge in [-0.2, -0.15) is 0 Å². The molecular weight excluding hydrogens is 338 g/mol. The Balaban J connectivity index is 1.78. The molecular formula is C21H35N5O. The zero-order valence-electron chi connectivity index (χ0n) is 17.1. The molecule has 150 valence electrons. The number of benzene rings is 1. The Morgan fingerprint density at radius 3 is 2.59 bits per heavy atom. The summed E-state index contributed by atoms with van der Waals surface area (Å²) in [6.07, 6.45) is 3.76. The van der Waals surface area contributed by atoms with Crippen molar-refractivity contribution in [3.63, 3.8) is 0 Å². The van der Waals surface area contributed by atoms with Gasteiger partial charge in [0.05, 0.1) is 0 Å². The second kappa shape index (κ2) is 11.5. The van der Waals surface area contributed by atoms with Gasteiger partial charge in [-0.25, -0.2) is 0 Å². The molecule has 1 heterocycles. The van der Waals surface area contributed by atoms with Gasteiger partial charge in [-0.15, -0.1) is 0 Å². The number of rotatable bonds is 8. The number of piperidine rings is 1. The Morgan fingerprint density at radius 2 is 1.96 bits per heavy atom. The first kappa shape index (κ1) is 21.1. The molecule has 2 rings (SSSR count). The van der Waals surface area contributed by atoms with Gasteiger partial charge in [0.2, 0.25) is 5.91 Å². The zero-order valence-corrected chi connectivity index (χ0v) is 17.1. The smallest absolute Gasteiger partial charge is 0.220 e. The van der Waals surface area contributed by atoms with Gasteiger partial charge in [-0.1, -0.05) is 18.2 Å². The molecule has 1 aromatic rings. The Hall–Kier alpha value is -2.24. The summed E-state index contributed by atoms with van der Waals surface area (Å²) in [5, 5.41) is 6.15. The third-order valence-electron chi connectivity index (χ3n) is 5.11. The van der Waals surface area contributed by atoms with E-state index < -0.39 is 0 Å². The largest absolute Gasteiger partial charge is 0.375 e. The Morgan fingerprint density at radius 1 is 1.26 bits per heavy atom. The van der Waals surface area contributed by atoms with Crippen LogP contribution in [0.3, 0.4) is 0 Å². The first-order valence-corrected chi connectivity index (χ1v) is 10.1. The van der Waals surface area contributed by atoms with Crippen LogP contribution in [0.15, 0.2) is 35.3 Å². The first-order valence-electron chi connectivity index (χ1n) is 10.1. The average molecular weight is 374 g/mol. The van der Waals surface area contributed by atoms with Gasteiger partial charge >= 0.3 is 0 Å². The van der Waals surface area contributed by atoms with Crippen molar-refractivity contribution in [2.24, 2.45) is 10.9 Å². The lowest BCUT2D eigenvalue weighted by Crippen LogP contribution is -2.46. The monoisotopic (exact) mass is 373 g/mol. The van der Waals surface area contributed by atoms with Crippen LogP contribution in [0.5, 0.6) is 0 Å². The van der Waals surface area contributed by atoms with Gasteiger partial charge in [0, 0.05) is 58.9 Å². The fourth-order valence-corrected chi connectivity index (χ4v) is 3.44. The molecule has 1 saturated heterocycles. The molecule has 0 aromatic heterocycles. The minimum absolute atomic E-state index is 0.150. The molecule has 0 saturated carbocycles. The molecule has 0 radical (unpaired) electrons. The quantitative estimate of drug-likeness (QED) is 0.417. The molecule has 1 aliphatic rings. The topological polar surface area (TPSA) is 60.0 Å². The van der Waals surface area contributed by atoms with Gasteiger partial charge in [0.1, 0.15) is 0 Å². The molecule has 0 spiro atoms. The predicted molar refractivity (Wildman–Crippen MR) is 113 cm³/mol. The molecule has 6 nitrogen and oxygen atoms in total. The summed E-state index contributed by atoms with van der Waals surface area (Å²) in [5.41, 5.74) is 1.24. The number of carbonyl (C=O) groups excluding carboxylic acids is 1. The summed E-state index contributed by atoms with van der Waals surface area (Å²) < 4.78 is 0. The molecule has 0 atom stereocenters. The van der Waals surface area contributed by atoms with E-state index in [1.807, 2.05) is 6.07 Å². The molecule has 0 bridgehead atoms. The molecule has 2 N–H and O–H groups in total. The summed E-state index contributed by atoms with van der Waals surface area (Å²) in [6, 6.07) is 10.5. The van der Waals surface area contributed by atoms with E-state index in [0.29, 0.717) is 12.3 Å². The molecule has 6 heteroatoms. The maximum absolute atomic E-state index is 11.6. The van der Waals surface area contributed by atoms with Crippen LogP contribution in [-0.4, -0.2) is 63.6 Å². The van der Waals surface area contributed by atoms with Crippen LogP contribution in [-0.2, 0) is 4.79 Å². The molecule has 1 aromatic carbocycles. The van der Waals surface area contributed by atoms with E-state index in [-0.39, 0.29) is 5.91 Å². The number of likely N-dealkylation sites (tertiary alicyclic amines) is 1. The van der Waals surface area contributed by atoms with Crippen LogP contribution in [0, 0.1) is 5.92 Å². The van der Waals surface area contributed by atoms with Crippen molar-refractivity contribution in [2.45, 2.75) is 32.6 Å². The molecule has 1 fully saturated rings. The lowest BCUT2D eigenvalue weighted by atomic mass is 9.93. The number of nitrogens with zero attached hydrogens (tertiary/aromatic N) is 3. The highest BCUT2D eigenvalue weighted by Crippen LogP contribution is 2.20. The second-order valence-corrected chi connectivity index (χ2v) is 7.15. The Labute approximate surface area is 164 Å². The molecule has 1 amide bonds. The van der Waals surface area contributed by atoms with Crippen molar-refractivity contribution in [1.82, 2.24) is 15.5 Å². The maximum Gasteiger partial charge on any atom is 0.220 e. The number of hydrogen-bond acceptors (Lipinski definition) is 3. The lowest BCUT2D eigenvalue weighted by molar-refractivity contribution is -0.121. The van der Waals surface area contributed by atoms with E-state index in [0.717, 1.165) is 57.9 Å². The van der Waals surface area contributed by atoms with Gasteiger partial charge in [-0.3, -0.25) is 9.79 Å². The summed E-state index contributed by atoms with van der Waals surface area (Å²) in [4.78, 5) is 21.0. The van der Waals surface area contributed by atoms with Gasteiger partial charge in [-0.05, 0) is 44.2 Å². The van der Waals surface area contributed by atoms with Gasteiger partial charge in [0.25, 0.3) is 0 Å². The van der Waals surface area contributed by atoms with Crippen molar-refractivity contribution in [3.8, 4) is 0 Å². The third-order valence-corrected chi connectivity index (χ3v) is 5.11. The fourth-order valence-electron chi connectivity index (χ4n) is 3.44. The van der Waals surface area contributed by atoms with E-state index in [1.54, 1.807) is 7.05 Å². The minimum atomic E-state index is 0.150. The van der Waals surface area contributed by atoms with E-state index in [2.05, 4.69) is 58.7 Å². The second-order valence-electron chi connectivity index (χ2n) is 7.15. The van der Waals surface area contributed by atoms with E-state index in [4.69, 9.17) is 4.99 Å². The van der Waals surface area contributed by atoms with Crippen molar-refractivity contribution in [1.29, 1.82) is 0 Å². The number of aliphatic imine (C=N–C) groups is 1. The van der Waals surface area contributed by atoms with Crippen molar-refractivity contribution in [2.75, 3.05) is 51.7 Å². The number of para-hydroxylation sites is 1. The molecule has 0 aliphatic carbocycles. The number of nitrogens with one attached hydrogen (secondary N) is 2. The first-order chi connectivity index (χ1) is 13.1. The number of amides is 1. The number of anilines is 1. The highest BCUT2D eigenvalue weighted by Gasteiger charge is 2.22. The van der Waals surface area contributed by atoms with Crippen LogP contribution in [0.2, 0.25) is 0 Å². The SMILES string of the molecule is CCNC(=NCCCN(C)c1ccccc1)N1CCC(CC(=O)NC)CC1. The normalized spacial score (nSPS) is 15.5. The average Bonchev–Trinajstić information content (AvgIpc) is 2.71. The Kier molecular flexibility index (Phi) is 8.95. The third kappa shape index (κ3) is 7.12. The minimum Gasteiger partial charge on any atom is -0.375 e. The standard InChI is InChI=1S/C21H35N5O/c1-4-23-21(26-15-11-18(12-16-26)17-20(27)22-2)24-13-8-14-25(3)19-9-6-5-7-10-19/h5-7,9-10,18H,4,8,11-17H2,1-3H3,(H,22,27)(H,23,24). The fraction of sp³-hybridized carbons (Fsp3) is 0.619. The van der Waals surface area contributed by atoms with Crippen molar-refractivity contribution < 1.29 is 4.79 Å². The van der Waals surface area contributed by atoms with Gasteiger partial charge in [0.15, 0.2) is 5.96 Å². The number of hydrogen-bond donors (Lipinski definition) is 2. The summed E-state index contributed by atoms with van der Waals surface area (Å²) in [7, 11) is 3.84. The maximum atomic E-state index is 11.6. The van der Waals surface area contributed by atoms with Crippen LogP contribution in [0.4, 0.5) is 5.69 Å². The summed E-state index contributed by atoms with van der Waals surface area (Å²) >= 11 is 0. The highest BCUT2D eigenvalue weighted by atomic mass is 16.1. The summed E-state index contributed by atoms with van der Waals surface area (Å²) in [5.74, 6) is 1.65. The molecule has 27 heavy (non-hydrogen) atoms. The molecule has 1 aliphatic heterocycles.